The van der Waals surface area contributed by atoms with E-state index in [0.717, 1.165) is 31.1 Å². The molecule has 2 aliphatic heterocycles. The maximum atomic E-state index is 12.7. The van der Waals surface area contributed by atoms with Gasteiger partial charge in [-0.2, -0.15) is 0 Å². The van der Waals surface area contributed by atoms with Crippen LogP contribution >= 0.6 is 0 Å². The van der Waals surface area contributed by atoms with Crippen molar-refractivity contribution < 1.29 is 14.6 Å². The van der Waals surface area contributed by atoms with E-state index in [2.05, 4.69) is 32.3 Å². The van der Waals surface area contributed by atoms with Crippen molar-refractivity contribution >= 4 is 17.5 Å². The van der Waals surface area contributed by atoms with Crippen LogP contribution in [0.1, 0.15) is 31.2 Å². The molecule has 4 rings (SSSR count). The predicted molar refractivity (Wildman–Crippen MR) is 132 cm³/mol. The molecule has 2 aliphatic rings. The molecule has 2 saturated heterocycles. The second-order valence-corrected chi connectivity index (χ2v) is 9.43. The zero-order valence-corrected chi connectivity index (χ0v) is 20.2. The predicted octanol–water partition coefficient (Wildman–Crippen LogP) is 1.98. The lowest BCUT2D eigenvalue weighted by molar-refractivity contribution is -0.135. The summed E-state index contributed by atoms with van der Waals surface area (Å²) in [6.45, 7) is 4.69. The number of aromatic nitrogens is 2. The number of likely N-dealkylation sites (N-methyl/N-ethyl adjacent to an activating group) is 1. The van der Waals surface area contributed by atoms with Crippen LogP contribution in [0.25, 0.3) is 0 Å². The van der Waals surface area contributed by atoms with Crippen molar-refractivity contribution in [3.8, 4) is 5.75 Å². The zero-order chi connectivity index (χ0) is 24.0. The number of nitrogens with one attached hydrogen (secondary N) is 1. The van der Waals surface area contributed by atoms with Gasteiger partial charge in [-0.15, -0.1) is 0 Å². The Hall–Kier alpha value is -2.91. The molecular formula is C25H36N6O3. The molecule has 0 radical (unpaired) electrons. The van der Waals surface area contributed by atoms with Gasteiger partial charge in [-0.25, -0.2) is 9.97 Å². The van der Waals surface area contributed by atoms with E-state index in [9.17, 15) is 9.90 Å². The summed E-state index contributed by atoms with van der Waals surface area (Å²) in [7, 11) is 3.52. The molecule has 0 saturated carbocycles. The fraction of sp³-hybridized carbons (Fsp3) is 0.560. The molecule has 2 fully saturated rings. The van der Waals surface area contributed by atoms with Gasteiger partial charge in [0.25, 0.3) is 5.91 Å². The summed E-state index contributed by atoms with van der Waals surface area (Å²) < 4.78 is 5.73. The highest BCUT2D eigenvalue weighted by atomic mass is 16.5. The maximum absolute atomic E-state index is 12.7. The molecule has 1 aromatic heterocycles. The molecule has 1 amide bonds. The summed E-state index contributed by atoms with van der Waals surface area (Å²) in [4.78, 5) is 27.3. The standard InChI is InChI=1S/C25H36N6O3/c1-26-22-14-23(28-19-27-22)31-13-5-10-25(33,18-31)17-29(2)24(32)16-34-21-8-6-20(7-9-21)15-30-11-3-4-12-30/h6-9,14,19,33H,3-5,10-13,15-18H2,1-2H3,(H,26,27,28). The molecule has 2 N–H and O–H groups in total. The highest BCUT2D eigenvalue weighted by Crippen LogP contribution is 2.26. The van der Waals surface area contributed by atoms with E-state index < -0.39 is 5.60 Å². The number of nitrogens with zero attached hydrogens (tertiary/aromatic N) is 5. The number of hydrogen-bond acceptors (Lipinski definition) is 8. The van der Waals surface area contributed by atoms with Gasteiger partial charge < -0.3 is 25.0 Å². The van der Waals surface area contributed by atoms with E-state index in [1.165, 1.54) is 37.8 Å². The smallest absolute Gasteiger partial charge is 0.260 e. The minimum Gasteiger partial charge on any atom is -0.484 e. The van der Waals surface area contributed by atoms with E-state index in [1.54, 1.807) is 11.9 Å². The molecule has 1 atom stereocenters. The van der Waals surface area contributed by atoms with E-state index in [0.29, 0.717) is 18.7 Å². The minimum absolute atomic E-state index is 0.0563. The molecule has 184 valence electrons. The van der Waals surface area contributed by atoms with Crippen molar-refractivity contribution in [1.82, 2.24) is 19.8 Å². The third-order valence-corrected chi connectivity index (χ3v) is 6.64. The van der Waals surface area contributed by atoms with Gasteiger partial charge in [0, 0.05) is 39.8 Å². The lowest BCUT2D eigenvalue weighted by atomic mass is 9.92. The third-order valence-electron chi connectivity index (χ3n) is 6.64. The maximum Gasteiger partial charge on any atom is 0.260 e. The quantitative estimate of drug-likeness (QED) is 0.577. The SMILES string of the molecule is CNc1cc(N2CCCC(O)(CN(C)C(=O)COc3ccc(CN4CCCC4)cc3)C2)ncn1. The fourth-order valence-corrected chi connectivity index (χ4v) is 4.77. The number of anilines is 2. The first-order chi connectivity index (χ1) is 16.4. The average Bonchev–Trinajstić information content (AvgIpc) is 3.36. The van der Waals surface area contributed by atoms with Gasteiger partial charge >= 0.3 is 0 Å². The second kappa shape index (κ2) is 11.0. The number of rotatable bonds is 9. The van der Waals surface area contributed by atoms with Crippen LogP contribution in [0.3, 0.4) is 0 Å². The highest BCUT2D eigenvalue weighted by molar-refractivity contribution is 5.77. The van der Waals surface area contributed by atoms with Gasteiger partial charge in [-0.05, 0) is 56.5 Å². The van der Waals surface area contributed by atoms with Gasteiger partial charge in [-0.1, -0.05) is 12.1 Å². The van der Waals surface area contributed by atoms with Crippen LogP contribution in [0.5, 0.6) is 5.75 Å². The van der Waals surface area contributed by atoms with Crippen LogP contribution in [0, 0.1) is 0 Å². The molecule has 0 bridgehead atoms. The van der Waals surface area contributed by atoms with E-state index in [1.807, 2.05) is 30.1 Å². The van der Waals surface area contributed by atoms with Gasteiger partial charge in [0.2, 0.25) is 0 Å². The normalized spacial score (nSPS) is 20.9. The Labute approximate surface area is 201 Å². The van der Waals surface area contributed by atoms with Crippen molar-refractivity contribution in [1.29, 1.82) is 0 Å². The molecule has 0 aliphatic carbocycles. The largest absolute Gasteiger partial charge is 0.484 e. The van der Waals surface area contributed by atoms with Crippen LogP contribution in [0.4, 0.5) is 11.6 Å². The topological polar surface area (TPSA) is 94.1 Å². The zero-order valence-electron chi connectivity index (χ0n) is 20.2. The number of carbonyl (C=O) groups is 1. The Morgan fingerprint density at radius 1 is 1.18 bits per heavy atom. The number of amides is 1. The molecule has 1 unspecified atom stereocenters. The van der Waals surface area contributed by atoms with E-state index >= 15 is 0 Å². The summed E-state index contributed by atoms with van der Waals surface area (Å²) >= 11 is 0. The molecule has 0 spiro atoms. The van der Waals surface area contributed by atoms with Crippen LogP contribution in [-0.2, 0) is 11.3 Å². The van der Waals surface area contributed by atoms with Gasteiger partial charge in [0.15, 0.2) is 6.61 Å². The molecule has 1 aromatic carbocycles. The van der Waals surface area contributed by atoms with Crippen LogP contribution in [0.2, 0.25) is 0 Å². The van der Waals surface area contributed by atoms with Gasteiger partial charge in [0.1, 0.15) is 23.7 Å². The number of aliphatic hydroxyl groups is 1. The lowest BCUT2D eigenvalue weighted by Gasteiger charge is -2.41. The highest BCUT2D eigenvalue weighted by Gasteiger charge is 2.36. The lowest BCUT2D eigenvalue weighted by Crippen LogP contribution is -2.55. The molecule has 3 heterocycles. The summed E-state index contributed by atoms with van der Waals surface area (Å²) in [5.74, 6) is 2.01. The summed E-state index contributed by atoms with van der Waals surface area (Å²) in [5, 5.41) is 14.3. The number of carbonyl (C=O) groups excluding carboxylic acids is 1. The Morgan fingerprint density at radius 3 is 2.68 bits per heavy atom. The number of ether oxygens (including phenoxy) is 1. The first-order valence-corrected chi connectivity index (χ1v) is 12.1. The summed E-state index contributed by atoms with van der Waals surface area (Å²) in [6.07, 6.45) is 5.52. The van der Waals surface area contributed by atoms with E-state index in [-0.39, 0.29) is 19.1 Å². The molecule has 9 nitrogen and oxygen atoms in total. The molecular weight excluding hydrogens is 432 g/mol. The van der Waals surface area contributed by atoms with Crippen LogP contribution < -0.4 is 15.0 Å². The van der Waals surface area contributed by atoms with Crippen LogP contribution in [-0.4, -0.2) is 89.8 Å². The Morgan fingerprint density at radius 2 is 1.94 bits per heavy atom. The third kappa shape index (κ3) is 6.36. The number of β-amino-alcohol motifs (C(OH)–C–C–N with tert-alkyl or cyclic N) is 1. The first-order valence-electron chi connectivity index (χ1n) is 12.1. The Kier molecular flexibility index (Phi) is 7.84. The van der Waals surface area contributed by atoms with Crippen molar-refractivity contribution in [2.45, 2.75) is 37.8 Å². The summed E-state index contributed by atoms with van der Waals surface area (Å²) in [5.41, 5.74) is 0.247. The number of hydrogen-bond donors (Lipinski definition) is 2. The van der Waals surface area contributed by atoms with Gasteiger partial charge in [-0.3, -0.25) is 9.69 Å². The Balaban J connectivity index is 1.26. The van der Waals surface area contributed by atoms with Crippen LogP contribution in [0.15, 0.2) is 36.7 Å². The molecule has 2 aromatic rings. The fourth-order valence-electron chi connectivity index (χ4n) is 4.77. The van der Waals surface area contributed by atoms with E-state index in [4.69, 9.17) is 4.74 Å². The number of piperidine rings is 1. The molecule has 9 heteroatoms. The monoisotopic (exact) mass is 468 g/mol. The van der Waals surface area contributed by atoms with Crippen molar-refractivity contribution in [2.75, 3.05) is 63.6 Å². The van der Waals surface area contributed by atoms with Crippen molar-refractivity contribution in [3.05, 3.63) is 42.2 Å². The summed E-state index contributed by atoms with van der Waals surface area (Å²) in [6, 6.07) is 9.84. The minimum atomic E-state index is -1.01. The molecule has 34 heavy (non-hydrogen) atoms. The Bertz CT molecular complexity index is 950. The van der Waals surface area contributed by atoms with Crippen molar-refractivity contribution in [2.24, 2.45) is 0 Å². The number of likely N-dealkylation sites (tertiary alicyclic amines) is 1. The van der Waals surface area contributed by atoms with Crippen molar-refractivity contribution in [3.63, 3.8) is 0 Å². The van der Waals surface area contributed by atoms with Gasteiger partial charge in [0.05, 0.1) is 12.1 Å². The second-order valence-electron chi connectivity index (χ2n) is 9.43. The number of benzene rings is 1. The first kappa shape index (κ1) is 24.2. The average molecular weight is 469 g/mol.